The van der Waals surface area contributed by atoms with Crippen LogP contribution in [0.3, 0.4) is 0 Å². The molecule has 9 heteroatoms. The lowest BCUT2D eigenvalue weighted by molar-refractivity contribution is -0.384. The number of rotatable bonds is 4. The van der Waals surface area contributed by atoms with Crippen LogP contribution in [0.25, 0.3) is 22.6 Å². The van der Waals surface area contributed by atoms with E-state index in [1.54, 1.807) is 16.7 Å². The fourth-order valence-electron chi connectivity index (χ4n) is 3.48. The van der Waals surface area contributed by atoms with Gasteiger partial charge in [0.25, 0.3) is 11.2 Å². The van der Waals surface area contributed by atoms with E-state index >= 15 is 0 Å². The van der Waals surface area contributed by atoms with Crippen molar-refractivity contribution in [2.75, 3.05) is 14.2 Å². The molecule has 29 heavy (non-hydrogen) atoms. The molecule has 0 saturated heterocycles. The lowest BCUT2D eigenvalue weighted by Gasteiger charge is -2.10. The summed E-state index contributed by atoms with van der Waals surface area (Å²) in [5, 5.41) is 11.7. The van der Waals surface area contributed by atoms with Gasteiger partial charge in [-0.15, -0.1) is 0 Å². The molecule has 0 saturated carbocycles. The van der Waals surface area contributed by atoms with Crippen LogP contribution in [-0.4, -0.2) is 28.7 Å². The molecule has 1 aromatic heterocycles. The third kappa shape index (κ3) is 3.21. The van der Waals surface area contributed by atoms with Gasteiger partial charge in [-0.3, -0.25) is 19.5 Å². The molecule has 2 heterocycles. The fourth-order valence-corrected chi connectivity index (χ4v) is 3.77. The minimum Gasteiger partial charge on any atom is -0.493 e. The third-order valence-corrected chi connectivity index (χ3v) is 5.12. The van der Waals surface area contributed by atoms with Crippen molar-refractivity contribution in [2.24, 2.45) is 0 Å². The van der Waals surface area contributed by atoms with Crippen molar-refractivity contribution in [3.63, 3.8) is 0 Å². The van der Waals surface area contributed by atoms with E-state index in [0.717, 1.165) is 11.1 Å². The van der Waals surface area contributed by atoms with Crippen LogP contribution < -0.4 is 15.0 Å². The van der Waals surface area contributed by atoms with E-state index in [4.69, 9.17) is 21.1 Å². The Balaban J connectivity index is 1.84. The highest BCUT2D eigenvalue weighted by Crippen LogP contribution is 2.37. The summed E-state index contributed by atoms with van der Waals surface area (Å²) in [7, 11) is 3.04. The van der Waals surface area contributed by atoms with Gasteiger partial charge in [0.1, 0.15) is 5.82 Å². The van der Waals surface area contributed by atoms with Crippen LogP contribution in [0.5, 0.6) is 11.5 Å². The zero-order chi connectivity index (χ0) is 20.7. The second kappa shape index (κ2) is 7.21. The number of ether oxygens (including phenoxy) is 2. The molecule has 2 aromatic carbocycles. The summed E-state index contributed by atoms with van der Waals surface area (Å²) in [4.78, 5) is 27.9. The number of methoxy groups -OCH3 is 2. The number of nitrogens with zero attached hydrogens (tertiary/aromatic N) is 3. The summed E-state index contributed by atoms with van der Waals surface area (Å²) >= 11 is 6.28. The number of hydrogen-bond acceptors (Lipinski definition) is 6. The predicted octanol–water partition coefficient (Wildman–Crippen LogP) is 3.92. The zero-order valence-electron chi connectivity index (χ0n) is 15.6. The van der Waals surface area contributed by atoms with E-state index in [1.165, 1.54) is 32.4 Å². The van der Waals surface area contributed by atoms with Crippen LogP contribution in [0.4, 0.5) is 5.69 Å². The van der Waals surface area contributed by atoms with E-state index < -0.39 is 4.92 Å². The lowest BCUT2D eigenvalue weighted by Crippen LogP contribution is -2.20. The van der Waals surface area contributed by atoms with E-state index in [9.17, 15) is 14.9 Å². The molecule has 0 N–H and O–H groups in total. The summed E-state index contributed by atoms with van der Waals surface area (Å²) in [5.74, 6) is 1.49. The number of aromatic nitrogens is 2. The molecule has 8 nitrogen and oxygen atoms in total. The molecule has 1 aliphatic rings. The molecule has 0 radical (unpaired) electrons. The van der Waals surface area contributed by atoms with Gasteiger partial charge in [0.05, 0.1) is 35.1 Å². The van der Waals surface area contributed by atoms with Gasteiger partial charge in [0.15, 0.2) is 11.5 Å². The van der Waals surface area contributed by atoms with Crippen molar-refractivity contribution in [3.05, 3.63) is 67.2 Å². The van der Waals surface area contributed by atoms with Gasteiger partial charge in [-0.1, -0.05) is 11.6 Å². The van der Waals surface area contributed by atoms with Gasteiger partial charge in [-0.25, -0.2) is 4.98 Å². The van der Waals surface area contributed by atoms with Crippen molar-refractivity contribution in [3.8, 4) is 11.5 Å². The quantitative estimate of drug-likeness (QED) is 0.475. The van der Waals surface area contributed by atoms with Crippen LogP contribution in [-0.2, 0) is 6.54 Å². The Bertz CT molecular complexity index is 1250. The van der Waals surface area contributed by atoms with Crippen molar-refractivity contribution in [1.29, 1.82) is 0 Å². The second-order valence-electron chi connectivity index (χ2n) is 6.51. The van der Waals surface area contributed by atoms with Gasteiger partial charge in [0.2, 0.25) is 0 Å². The first-order chi connectivity index (χ1) is 13.9. The molecule has 0 spiro atoms. The maximum atomic E-state index is 12.8. The lowest BCUT2D eigenvalue weighted by atomic mass is 10.1. The zero-order valence-corrected chi connectivity index (χ0v) is 16.4. The summed E-state index contributed by atoms with van der Waals surface area (Å²) in [5.41, 5.74) is 1.65. The summed E-state index contributed by atoms with van der Waals surface area (Å²) in [6.45, 7) is 0.451. The highest BCUT2D eigenvalue weighted by Gasteiger charge is 2.22. The van der Waals surface area contributed by atoms with Crippen LogP contribution >= 0.6 is 11.6 Å². The van der Waals surface area contributed by atoms with E-state index in [2.05, 4.69) is 4.98 Å². The van der Waals surface area contributed by atoms with Gasteiger partial charge in [-0.2, -0.15) is 0 Å². The minimum atomic E-state index is -0.525. The summed E-state index contributed by atoms with van der Waals surface area (Å²) in [6.07, 6.45) is 2.50. The van der Waals surface area contributed by atoms with E-state index in [-0.39, 0.29) is 16.6 Å². The number of allylic oxidation sites excluding steroid dienone is 1. The molecule has 0 bridgehead atoms. The normalized spacial score (nSPS) is 14.2. The summed E-state index contributed by atoms with van der Waals surface area (Å²) < 4.78 is 12.1. The Hall–Kier alpha value is -3.39. The van der Waals surface area contributed by atoms with Gasteiger partial charge in [-0.05, 0) is 41.8 Å². The first-order valence-corrected chi connectivity index (χ1v) is 9.12. The molecular formula is C20H16ClN3O5. The van der Waals surface area contributed by atoms with Crippen molar-refractivity contribution in [2.45, 2.75) is 13.0 Å². The molecule has 0 unspecified atom stereocenters. The second-order valence-corrected chi connectivity index (χ2v) is 6.92. The monoisotopic (exact) mass is 413 g/mol. The van der Waals surface area contributed by atoms with Gasteiger partial charge >= 0.3 is 0 Å². The van der Waals surface area contributed by atoms with Crippen LogP contribution in [0, 0.1) is 10.1 Å². The Morgan fingerprint density at radius 3 is 2.72 bits per heavy atom. The minimum absolute atomic E-state index is 0.134. The Labute approximate surface area is 170 Å². The number of benzene rings is 2. The predicted molar refractivity (Wildman–Crippen MR) is 110 cm³/mol. The van der Waals surface area contributed by atoms with Crippen molar-refractivity contribution < 1.29 is 14.4 Å². The topological polar surface area (TPSA) is 96.5 Å². The smallest absolute Gasteiger partial charge is 0.270 e. The highest BCUT2D eigenvalue weighted by molar-refractivity contribution is 6.32. The average molecular weight is 414 g/mol. The SMILES string of the molecule is COc1cc(/C=C2\CCn3c2nc2ccc([N+](=O)[O-])cc2c3=O)cc(Cl)c1OC. The average Bonchev–Trinajstić information content (AvgIpc) is 3.10. The maximum absolute atomic E-state index is 12.8. The van der Waals surface area contributed by atoms with Crippen molar-refractivity contribution in [1.82, 2.24) is 9.55 Å². The Morgan fingerprint density at radius 2 is 2.03 bits per heavy atom. The molecule has 148 valence electrons. The first kappa shape index (κ1) is 18.9. The summed E-state index contributed by atoms with van der Waals surface area (Å²) in [6, 6.07) is 7.66. The molecule has 0 amide bonds. The third-order valence-electron chi connectivity index (χ3n) is 4.84. The highest BCUT2D eigenvalue weighted by atomic mass is 35.5. The number of nitro groups is 1. The van der Waals surface area contributed by atoms with Crippen molar-refractivity contribution >= 4 is 39.8 Å². The van der Waals surface area contributed by atoms with E-state index in [0.29, 0.717) is 40.8 Å². The number of halogens is 1. The molecule has 0 aliphatic carbocycles. The molecule has 0 fully saturated rings. The molecule has 4 rings (SSSR count). The first-order valence-electron chi connectivity index (χ1n) is 8.74. The molecule has 3 aromatic rings. The van der Waals surface area contributed by atoms with Gasteiger partial charge in [0, 0.05) is 18.7 Å². The van der Waals surface area contributed by atoms with Crippen LogP contribution in [0.15, 0.2) is 35.1 Å². The van der Waals surface area contributed by atoms with Crippen LogP contribution in [0.2, 0.25) is 5.02 Å². The Kier molecular flexibility index (Phi) is 4.71. The molecule has 1 aliphatic heterocycles. The maximum Gasteiger partial charge on any atom is 0.270 e. The number of non-ortho nitro benzene ring substituents is 1. The van der Waals surface area contributed by atoms with Gasteiger partial charge < -0.3 is 9.47 Å². The number of nitro benzene ring substituents is 1. The largest absolute Gasteiger partial charge is 0.493 e. The number of fused-ring (bicyclic) bond motifs is 2. The standard InChI is InChI=1S/C20H16ClN3O5/c1-28-17-9-11(8-15(21)18(17)29-2)7-12-5-6-23-19(12)22-16-4-3-13(24(26)27)10-14(16)20(23)25/h3-4,7-10H,5-6H2,1-2H3/b12-7+. The number of hydrogen-bond donors (Lipinski definition) is 0. The molecule has 0 atom stereocenters. The van der Waals surface area contributed by atoms with Crippen LogP contribution in [0.1, 0.15) is 17.8 Å². The van der Waals surface area contributed by atoms with E-state index in [1.807, 2.05) is 6.08 Å². The fraction of sp³-hybridized carbons (Fsp3) is 0.200. The molecular weight excluding hydrogens is 398 g/mol. The Morgan fingerprint density at radius 1 is 1.24 bits per heavy atom.